The zero-order valence-corrected chi connectivity index (χ0v) is 17.8. The number of hydrogen-bond acceptors (Lipinski definition) is 4. The van der Waals surface area contributed by atoms with Gasteiger partial charge in [0, 0.05) is 5.92 Å². The van der Waals surface area contributed by atoms with Gasteiger partial charge in [-0.15, -0.1) is 23.2 Å². The first-order valence-electron chi connectivity index (χ1n) is 8.44. The Morgan fingerprint density at radius 3 is 2.50 bits per heavy atom. The molecule has 4 nitrogen and oxygen atoms in total. The highest BCUT2D eigenvalue weighted by Gasteiger charge is 2.68. The van der Waals surface area contributed by atoms with E-state index >= 15 is 0 Å². The molecule has 0 radical (unpaired) electrons. The van der Waals surface area contributed by atoms with Crippen LogP contribution in [0.2, 0.25) is 0 Å². The number of fused-ring (bicyclic) bond motifs is 1. The molecule has 0 bridgehead atoms. The van der Waals surface area contributed by atoms with E-state index in [0.29, 0.717) is 17.7 Å². The number of Topliss-reactive ketones (excluding diaryl/α,β-unsaturated/α-hetero) is 2. The van der Waals surface area contributed by atoms with E-state index in [1.165, 1.54) is 6.07 Å². The van der Waals surface area contributed by atoms with Crippen molar-refractivity contribution in [2.45, 2.75) is 29.0 Å². The summed E-state index contributed by atoms with van der Waals surface area (Å²) >= 11 is 25.6. The second-order valence-electron chi connectivity index (χ2n) is 6.50. The number of benzene rings is 1. The third-order valence-electron chi connectivity index (χ3n) is 5.06. The van der Waals surface area contributed by atoms with Crippen LogP contribution >= 0.6 is 46.4 Å². The number of carbonyl (C=O) groups excluding carboxylic acids is 2. The van der Waals surface area contributed by atoms with E-state index in [2.05, 4.69) is 6.58 Å². The highest BCUT2D eigenvalue weighted by Crippen LogP contribution is 2.59. The van der Waals surface area contributed by atoms with Crippen LogP contribution in [0.1, 0.15) is 24.8 Å². The predicted octanol–water partition coefficient (Wildman–Crippen LogP) is 5.19. The highest BCUT2D eigenvalue weighted by molar-refractivity contribution is 6.66. The van der Waals surface area contributed by atoms with Crippen LogP contribution in [0.15, 0.2) is 52.6 Å². The number of rotatable bonds is 4. The zero-order valence-electron chi connectivity index (χ0n) is 14.8. The summed E-state index contributed by atoms with van der Waals surface area (Å²) in [6.45, 7) is 5.87. The van der Waals surface area contributed by atoms with Crippen molar-refractivity contribution in [1.82, 2.24) is 0 Å². The number of aromatic hydroxyl groups is 1. The molecule has 1 N–H and O–H groups in total. The lowest BCUT2D eigenvalue weighted by molar-refractivity contribution is -0.127. The molecule has 3 atom stereocenters. The molecular weight excluding hydrogens is 446 g/mol. The maximum absolute atomic E-state index is 13.2. The van der Waals surface area contributed by atoms with E-state index < -0.39 is 37.3 Å². The number of phenolic OH excluding ortho intramolecular Hbond substituents is 1. The van der Waals surface area contributed by atoms with Gasteiger partial charge in [-0.1, -0.05) is 48.0 Å². The van der Waals surface area contributed by atoms with E-state index in [9.17, 15) is 14.7 Å². The van der Waals surface area contributed by atoms with Crippen molar-refractivity contribution in [3.8, 4) is 11.5 Å². The van der Waals surface area contributed by atoms with Crippen molar-refractivity contribution in [2.75, 3.05) is 6.61 Å². The van der Waals surface area contributed by atoms with Gasteiger partial charge in [0.25, 0.3) is 0 Å². The minimum atomic E-state index is -1.93. The van der Waals surface area contributed by atoms with Gasteiger partial charge in [0.05, 0.1) is 6.61 Å². The minimum Gasteiger partial charge on any atom is -0.504 e. The highest BCUT2D eigenvalue weighted by atomic mass is 35.5. The lowest BCUT2D eigenvalue weighted by atomic mass is 9.62. The summed E-state index contributed by atoms with van der Waals surface area (Å²) in [5.41, 5.74) is 1.11. The van der Waals surface area contributed by atoms with E-state index in [-0.39, 0.29) is 17.9 Å². The van der Waals surface area contributed by atoms with Gasteiger partial charge in [-0.25, -0.2) is 0 Å². The Balaban J connectivity index is 2.30. The smallest absolute Gasteiger partial charge is 0.199 e. The summed E-state index contributed by atoms with van der Waals surface area (Å²) in [5.74, 6) is -2.17. The van der Waals surface area contributed by atoms with Crippen molar-refractivity contribution in [3.05, 3.63) is 58.1 Å². The lowest BCUT2D eigenvalue weighted by Crippen LogP contribution is -2.64. The van der Waals surface area contributed by atoms with E-state index in [1.807, 2.05) is 0 Å². The fourth-order valence-corrected chi connectivity index (χ4v) is 5.14. The maximum atomic E-state index is 13.2. The molecule has 1 aromatic rings. The first-order chi connectivity index (χ1) is 13.1. The molecule has 0 saturated heterocycles. The number of alkyl halides is 2. The fraction of sp³-hybridized carbons (Fsp3) is 0.300. The molecule has 0 amide bonds. The van der Waals surface area contributed by atoms with Crippen LogP contribution in [0.25, 0.3) is 0 Å². The molecule has 0 heterocycles. The Morgan fingerprint density at radius 1 is 1.25 bits per heavy atom. The molecule has 0 spiro atoms. The van der Waals surface area contributed by atoms with Crippen LogP contribution in [0.3, 0.4) is 0 Å². The van der Waals surface area contributed by atoms with Crippen LogP contribution in [0, 0.1) is 0 Å². The molecule has 2 aliphatic rings. The second-order valence-corrected chi connectivity index (χ2v) is 8.50. The summed E-state index contributed by atoms with van der Waals surface area (Å²) in [5, 5.41) is 9.15. The summed E-state index contributed by atoms with van der Waals surface area (Å²) in [6.07, 6.45) is 3.23. The van der Waals surface area contributed by atoms with Crippen molar-refractivity contribution in [2.24, 2.45) is 0 Å². The SMILES string of the molecule is C=CC1=CCC2(Cl)C(=O)C(Cl)=C(Cl)C(=O)C2(Cl)C1c1ccc(O)c(OCC)c1. The standard InChI is InChI=1S/C20H16Cl4O4/c1-3-10-7-8-19(23)17(26)15(21)16(22)18(27)20(19,24)14(10)11-5-6-12(25)13(9-11)28-4-2/h3,5-7,9,14,25H,1,4,8H2,2H3. The molecule has 28 heavy (non-hydrogen) atoms. The molecule has 1 aromatic carbocycles. The molecular formula is C20H16Cl4O4. The Morgan fingerprint density at radius 2 is 1.89 bits per heavy atom. The molecule has 2 aliphatic carbocycles. The van der Waals surface area contributed by atoms with Crippen molar-refractivity contribution in [1.29, 1.82) is 0 Å². The Bertz CT molecular complexity index is 952. The number of hydrogen-bond donors (Lipinski definition) is 1. The molecule has 148 valence electrons. The number of halogens is 4. The van der Waals surface area contributed by atoms with Crippen LogP contribution in [0.5, 0.6) is 11.5 Å². The second kappa shape index (κ2) is 7.42. The van der Waals surface area contributed by atoms with Gasteiger partial charge in [0.1, 0.15) is 19.8 Å². The molecule has 0 fully saturated rings. The summed E-state index contributed by atoms with van der Waals surface area (Å²) in [6, 6.07) is 4.56. The van der Waals surface area contributed by atoms with Gasteiger partial charge >= 0.3 is 0 Å². The topological polar surface area (TPSA) is 63.6 Å². The van der Waals surface area contributed by atoms with Crippen LogP contribution in [0.4, 0.5) is 0 Å². The largest absolute Gasteiger partial charge is 0.504 e. The van der Waals surface area contributed by atoms with Gasteiger partial charge in [0.15, 0.2) is 23.1 Å². The third-order valence-corrected chi connectivity index (χ3v) is 7.31. The van der Waals surface area contributed by atoms with E-state index in [1.54, 1.807) is 31.2 Å². The normalized spacial score (nSPS) is 30.0. The van der Waals surface area contributed by atoms with E-state index in [0.717, 1.165) is 0 Å². The summed E-state index contributed by atoms with van der Waals surface area (Å²) < 4.78 is 5.44. The Kier molecular flexibility index (Phi) is 5.63. The fourth-order valence-electron chi connectivity index (χ4n) is 3.69. The number of allylic oxidation sites excluding steroid dienone is 5. The van der Waals surface area contributed by atoms with Crippen LogP contribution in [-0.2, 0) is 9.59 Å². The Labute approximate surface area is 182 Å². The number of phenols is 1. The first kappa shape index (κ1) is 21.3. The zero-order chi connectivity index (χ0) is 20.9. The van der Waals surface area contributed by atoms with Crippen molar-refractivity contribution in [3.63, 3.8) is 0 Å². The third kappa shape index (κ3) is 2.81. The quantitative estimate of drug-likeness (QED) is 0.627. The average Bonchev–Trinajstić information content (AvgIpc) is 2.68. The van der Waals surface area contributed by atoms with Crippen LogP contribution < -0.4 is 4.74 Å². The monoisotopic (exact) mass is 460 g/mol. The molecule has 0 saturated carbocycles. The lowest BCUT2D eigenvalue weighted by Gasteiger charge is -2.50. The van der Waals surface area contributed by atoms with Gasteiger partial charge < -0.3 is 9.84 Å². The van der Waals surface area contributed by atoms with Crippen molar-refractivity contribution < 1.29 is 19.4 Å². The predicted molar refractivity (Wildman–Crippen MR) is 111 cm³/mol. The van der Waals surface area contributed by atoms with Gasteiger partial charge in [0.2, 0.25) is 0 Å². The Hall–Kier alpha value is -1.46. The summed E-state index contributed by atoms with van der Waals surface area (Å²) in [7, 11) is 0. The first-order valence-corrected chi connectivity index (χ1v) is 9.95. The van der Waals surface area contributed by atoms with Gasteiger partial charge in [-0.3, -0.25) is 9.59 Å². The van der Waals surface area contributed by atoms with Crippen LogP contribution in [-0.4, -0.2) is 33.0 Å². The molecule has 8 heteroatoms. The van der Waals surface area contributed by atoms with Gasteiger partial charge in [-0.2, -0.15) is 0 Å². The van der Waals surface area contributed by atoms with Crippen molar-refractivity contribution >= 4 is 58.0 Å². The number of carbonyl (C=O) groups is 2. The molecule has 3 unspecified atom stereocenters. The maximum Gasteiger partial charge on any atom is 0.199 e. The molecule has 3 rings (SSSR count). The van der Waals surface area contributed by atoms with E-state index in [4.69, 9.17) is 51.1 Å². The number of ketones is 2. The van der Waals surface area contributed by atoms with Gasteiger partial charge in [-0.05, 0) is 36.6 Å². The minimum absolute atomic E-state index is 0.0166. The average molecular weight is 462 g/mol. The molecule has 0 aliphatic heterocycles. The summed E-state index contributed by atoms with van der Waals surface area (Å²) in [4.78, 5) is 22.3. The number of ether oxygens (including phenoxy) is 1. The molecule has 0 aromatic heterocycles.